The lowest BCUT2D eigenvalue weighted by atomic mass is 9.98. The first-order valence-corrected chi connectivity index (χ1v) is 6.67. The van der Waals surface area contributed by atoms with Crippen LogP contribution < -0.4 is 10.9 Å². The molecule has 2 N–H and O–H groups in total. The molecule has 5 nitrogen and oxygen atoms in total. The first-order valence-electron chi connectivity index (χ1n) is 6.67. The van der Waals surface area contributed by atoms with Crippen molar-refractivity contribution in [2.24, 2.45) is 0 Å². The van der Waals surface area contributed by atoms with Gasteiger partial charge in [0.25, 0.3) is 5.56 Å². The molecule has 100 valence electrons. The summed E-state index contributed by atoms with van der Waals surface area (Å²) < 4.78 is 5.79. The Kier molecular flexibility index (Phi) is 4.75. The minimum atomic E-state index is -0.127. The quantitative estimate of drug-likeness (QED) is 0.784. The number of H-pyrrole nitrogens is 1. The van der Waals surface area contributed by atoms with Crippen LogP contribution in [0.2, 0.25) is 0 Å². The van der Waals surface area contributed by atoms with Gasteiger partial charge in [0.05, 0.1) is 12.7 Å². The van der Waals surface area contributed by atoms with E-state index in [1.54, 1.807) is 6.92 Å². The number of hydrogen-bond donors (Lipinski definition) is 2. The summed E-state index contributed by atoms with van der Waals surface area (Å²) in [5.74, 6) is 1.24. The summed E-state index contributed by atoms with van der Waals surface area (Å²) in [7, 11) is 0. The Balaban J connectivity index is 1.69. The Hall–Kier alpha value is -1.36. The van der Waals surface area contributed by atoms with Gasteiger partial charge < -0.3 is 15.0 Å². The molecular weight excluding hydrogens is 230 g/mol. The summed E-state index contributed by atoms with van der Waals surface area (Å²) in [6.07, 6.45) is 6.70. The maximum absolute atomic E-state index is 11.2. The average Bonchev–Trinajstić information content (AvgIpc) is 2.35. The Morgan fingerprint density at radius 2 is 2.22 bits per heavy atom. The monoisotopic (exact) mass is 251 g/mol. The van der Waals surface area contributed by atoms with E-state index in [0.29, 0.717) is 30.9 Å². The summed E-state index contributed by atoms with van der Waals surface area (Å²) in [4.78, 5) is 18.0. The van der Waals surface area contributed by atoms with Crippen LogP contribution in [-0.2, 0) is 4.74 Å². The highest BCUT2D eigenvalue weighted by molar-refractivity contribution is 5.32. The molecular formula is C13H21N3O2. The van der Waals surface area contributed by atoms with Crippen molar-refractivity contribution in [2.75, 3.05) is 18.5 Å². The van der Waals surface area contributed by atoms with E-state index in [1.165, 1.54) is 38.2 Å². The van der Waals surface area contributed by atoms with Gasteiger partial charge in [0, 0.05) is 12.6 Å². The highest BCUT2D eigenvalue weighted by Gasteiger charge is 2.12. The van der Waals surface area contributed by atoms with Gasteiger partial charge in [0.2, 0.25) is 0 Å². The molecule has 0 aromatic carbocycles. The molecule has 0 amide bonds. The zero-order chi connectivity index (χ0) is 12.8. The van der Waals surface area contributed by atoms with Gasteiger partial charge in [-0.15, -0.1) is 0 Å². The lowest BCUT2D eigenvalue weighted by Crippen LogP contribution is -2.21. The normalized spacial score (nSPS) is 16.7. The van der Waals surface area contributed by atoms with E-state index in [1.807, 2.05) is 0 Å². The summed E-state index contributed by atoms with van der Waals surface area (Å²) in [6, 6.07) is 1.47. The number of ether oxygens (including phenoxy) is 1. The molecule has 1 aromatic rings. The van der Waals surface area contributed by atoms with Gasteiger partial charge in [0.1, 0.15) is 11.6 Å². The van der Waals surface area contributed by atoms with E-state index >= 15 is 0 Å². The van der Waals surface area contributed by atoms with Crippen LogP contribution in [0.3, 0.4) is 0 Å². The highest BCUT2D eigenvalue weighted by atomic mass is 16.5. The van der Waals surface area contributed by atoms with Crippen LogP contribution in [0.25, 0.3) is 0 Å². The van der Waals surface area contributed by atoms with Crippen molar-refractivity contribution in [3.63, 3.8) is 0 Å². The zero-order valence-electron chi connectivity index (χ0n) is 10.9. The maximum Gasteiger partial charge on any atom is 0.252 e. The van der Waals surface area contributed by atoms with E-state index in [0.717, 1.165) is 0 Å². The third-order valence-corrected chi connectivity index (χ3v) is 3.17. The Morgan fingerprint density at radius 3 is 2.94 bits per heavy atom. The second-order valence-electron chi connectivity index (χ2n) is 4.77. The predicted molar refractivity (Wildman–Crippen MR) is 70.9 cm³/mol. The van der Waals surface area contributed by atoms with Gasteiger partial charge in [-0.1, -0.05) is 19.3 Å². The Bertz CT molecular complexity index is 424. The molecule has 5 heteroatoms. The summed E-state index contributed by atoms with van der Waals surface area (Å²) >= 11 is 0. The highest BCUT2D eigenvalue weighted by Crippen LogP contribution is 2.19. The number of aromatic nitrogens is 2. The average molecular weight is 251 g/mol. The third-order valence-electron chi connectivity index (χ3n) is 3.17. The largest absolute Gasteiger partial charge is 0.376 e. The van der Waals surface area contributed by atoms with Crippen molar-refractivity contribution >= 4 is 5.82 Å². The van der Waals surface area contributed by atoms with E-state index < -0.39 is 0 Å². The van der Waals surface area contributed by atoms with E-state index in [9.17, 15) is 4.79 Å². The maximum atomic E-state index is 11.2. The smallest absolute Gasteiger partial charge is 0.252 e. The van der Waals surface area contributed by atoms with E-state index in [-0.39, 0.29) is 5.56 Å². The van der Waals surface area contributed by atoms with E-state index in [2.05, 4.69) is 15.3 Å². The fourth-order valence-electron chi connectivity index (χ4n) is 2.31. The van der Waals surface area contributed by atoms with Gasteiger partial charge in [-0.3, -0.25) is 4.79 Å². The third kappa shape index (κ3) is 4.14. The Morgan fingerprint density at radius 1 is 1.44 bits per heavy atom. The van der Waals surface area contributed by atoms with Crippen LogP contribution in [0.1, 0.15) is 37.9 Å². The molecule has 0 aliphatic heterocycles. The molecule has 1 heterocycles. The van der Waals surface area contributed by atoms with Crippen molar-refractivity contribution in [2.45, 2.75) is 45.1 Å². The van der Waals surface area contributed by atoms with Crippen LogP contribution in [-0.4, -0.2) is 29.2 Å². The summed E-state index contributed by atoms with van der Waals surface area (Å²) in [5.41, 5.74) is -0.127. The van der Waals surface area contributed by atoms with Gasteiger partial charge >= 0.3 is 0 Å². The predicted octanol–water partition coefficient (Wildman–Crippen LogP) is 1.84. The van der Waals surface area contributed by atoms with Gasteiger partial charge in [-0.25, -0.2) is 4.98 Å². The molecule has 0 unspecified atom stereocenters. The molecule has 0 bridgehead atoms. The first kappa shape index (κ1) is 13.1. The summed E-state index contributed by atoms with van der Waals surface area (Å²) in [5, 5.41) is 3.11. The van der Waals surface area contributed by atoms with Gasteiger partial charge in [-0.2, -0.15) is 0 Å². The molecule has 1 fully saturated rings. The fraction of sp³-hybridized carbons (Fsp3) is 0.692. The number of aryl methyl sites for hydroxylation is 1. The molecule has 18 heavy (non-hydrogen) atoms. The second-order valence-corrected chi connectivity index (χ2v) is 4.77. The first-order chi connectivity index (χ1) is 8.74. The number of hydrogen-bond acceptors (Lipinski definition) is 4. The zero-order valence-corrected chi connectivity index (χ0v) is 10.9. The van der Waals surface area contributed by atoms with Crippen molar-refractivity contribution in [3.05, 3.63) is 22.2 Å². The minimum Gasteiger partial charge on any atom is -0.376 e. The SMILES string of the molecule is Cc1nc(NCCOC2CCCCC2)cc(=O)[nH]1. The number of rotatable bonds is 5. The molecule has 0 radical (unpaired) electrons. The van der Waals surface area contributed by atoms with Crippen LogP contribution in [0.15, 0.2) is 10.9 Å². The summed E-state index contributed by atoms with van der Waals surface area (Å²) in [6.45, 7) is 3.12. The van der Waals surface area contributed by atoms with Crippen molar-refractivity contribution in [1.29, 1.82) is 0 Å². The van der Waals surface area contributed by atoms with Crippen LogP contribution in [0.4, 0.5) is 5.82 Å². The van der Waals surface area contributed by atoms with Crippen molar-refractivity contribution in [3.8, 4) is 0 Å². The second kappa shape index (κ2) is 6.54. The van der Waals surface area contributed by atoms with Gasteiger partial charge in [0.15, 0.2) is 0 Å². The van der Waals surface area contributed by atoms with Crippen LogP contribution in [0, 0.1) is 6.92 Å². The molecule has 1 aromatic heterocycles. The number of anilines is 1. The fourth-order valence-corrected chi connectivity index (χ4v) is 2.31. The number of aromatic amines is 1. The number of nitrogens with zero attached hydrogens (tertiary/aromatic N) is 1. The molecule has 0 saturated heterocycles. The molecule has 1 aliphatic carbocycles. The van der Waals surface area contributed by atoms with Crippen molar-refractivity contribution in [1.82, 2.24) is 9.97 Å². The standard InChI is InChI=1S/C13H21N3O2/c1-10-15-12(9-13(17)16-10)14-7-8-18-11-5-3-2-4-6-11/h9,11H,2-8H2,1H3,(H2,14,15,16,17). The number of nitrogens with one attached hydrogen (secondary N) is 2. The lowest BCUT2D eigenvalue weighted by molar-refractivity contribution is 0.0347. The molecule has 2 rings (SSSR count). The Labute approximate surface area is 107 Å². The molecule has 1 aliphatic rings. The van der Waals surface area contributed by atoms with Crippen LogP contribution in [0.5, 0.6) is 0 Å². The van der Waals surface area contributed by atoms with Crippen molar-refractivity contribution < 1.29 is 4.74 Å². The molecule has 0 spiro atoms. The topological polar surface area (TPSA) is 67.0 Å². The van der Waals surface area contributed by atoms with Crippen LogP contribution >= 0.6 is 0 Å². The van der Waals surface area contributed by atoms with E-state index in [4.69, 9.17) is 4.74 Å². The lowest BCUT2D eigenvalue weighted by Gasteiger charge is -2.22. The van der Waals surface area contributed by atoms with Gasteiger partial charge in [-0.05, 0) is 19.8 Å². The minimum absolute atomic E-state index is 0.127. The molecule has 0 atom stereocenters. The molecule has 1 saturated carbocycles.